The van der Waals surface area contributed by atoms with Gasteiger partial charge in [-0.2, -0.15) is 13.2 Å². The zero-order valence-corrected chi connectivity index (χ0v) is 11.4. The first-order valence-electron chi connectivity index (χ1n) is 7.44. The second kappa shape index (κ2) is 5.40. The highest BCUT2D eigenvalue weighted by Crippen LogP contribution is 2.42. The Morgan fingerprint density at radius 3 is 2.15 bits per heavy atom. The predicted molar refractivity (Wildman–Crippen MR) is 72.6 cm³/mol. The molecule has 1 saturated carbocycles. The lowest BCUT2D eigenvalue weighted by atomic mass is 9.76. The molecular weight excluding hydrogens is 263 g/mol. The predicted octanol–water partition coefficient (Wildman–Crippen LogP) is 4.56. The van der Waals surface area contributed by atoms with Gasteiger partial charge in [0, 0.05) is 12.6 Å². The molecular formula is C16H20F3N. The molecule has 1 N–H and O–H groups in total. The Labute approximate surface area is 117 Å². The van der Waals surface area contributed by atoms with Crippen molar-refractivity contribution in [2.45, 2.75) is 50.2 Å². The van der Waals surface area contributed by atoms with Crippen LogP contribution in [0.3, 0.4) is 0 Å². The molecule has 0 spiro atoms. The average molecular weight is 283 g/mol. The van der Waals surface area contributed by atoms with Crippen molar-refractivity contribution in [2.24, 2.45) is 5.92 Å². The molecule has 2 aliphatic rings. The summed E-state index contributed by atoms with van der Waals surface area (Å²) >= 11 is 0. The first-order chi connectivity index (χ1) is 9.55. The first kappa shape index (κ1) is 13.9. The van der Waals surface area contributed by atoms with E-state index < -0.39 is 12.1 Å². The van der Waals surface area contributed by atoms with Gasteiger partial charge in [0.15, 0.2) is 0 Å². The molecule has 2 unspecified atom stereocenters. The molecule has 1 nitrogen and oxygen atoms in total. The van der Waals surface area contributed by atoms with E-state index >= 15 is 0 Å². The van der Waals surface area contributed by atoms with E-state index in [1.165, 1.54) is 30.4 Å². The van der Waals surface area contributed by atoms with Crippen LogP contribution in [-0.4, -0.2) is 12.7 Å². The molecule has 4 heteroatoms. The number of alkyl halides is 3. The number of piperidine rings is 1. The standard InChI is InChI=1S/C16H20F3N/c17-16(18,19)12-8-9-15(20-10-12)14-7-2-1-6-13(14)11-4-3-5-11/h1-2,6-7,11-12,15,20H,3-5,8-10H2. The number of halogens is 3. The van der Waals surface area contributed by atoms with Gasteiger partial charge in [-0.3, -0.25) is 0 Å². The van der Waals surface area contributed by atoms with Crippen molar-refractivity contribution < 1.29 is 13.2 Å². The van der Waals surface area contributed by atoms with Crippen molar-refractivity contribution in [3.05, 3.63) is 35.4 Å². The lowest BCUT2D eigenvalue weighted by Crippen LogP contribution is -2.40. The van der Waals surface area contributed by atoms with Gasteiger partial charge in [0.25, 0.3) is 0 Å². The van der Waals surface area contributed by atoms with Crippen LogP contribution in [-0.2, 0) is 0 Å². The number of hydrogen-bond donors (Lipinski definition) is 1. The largest absolute Gasteiger partial charge is 0.393 e. The molecule has 0 amide bonds. The Bertz CT molecular complexity index is 457. The maximum Gasteiger partial charge on any atom is 0.393 e. The van der Waals surface area contributed by atoms with Gasteiger partial charge in [-0.1, -0.05) is 30.7 Å². The highest BCUT2D eigenvalue weighted by atomic mass is 19.4. The van der Waals surface area contributed by atoms with Crippen LogP contribution in [0.15, 0.2) is 24.3 Å². The third kappa shape index (κ3) is 2.71. The van der Waals surface area contributed by atoms with Gasteiger partial charge in [-0.25, -0.2) is 0 Å². The minimum absolute atomic E-state index is 0.0488. The highest BCUT2D eigenvalue weighted by molar-refractivity contribution is 5.34. The summed E-state index contributed by atoms with van der Waals surface area (Å²) in [6, 6.07) is 8.36. The molecule has 0 bridgehead atoms. The fraction of sp³-hybridized carbons (Fsp3) is 0.625. The van der Waals surface area contributed by atoms with Crippen LogP contribution in [0.2, 0.25) is 0 Å². The molecule has 1 heterocycles. The van der Waals surface area contributed by atoms with Crippen molar-refractivity contribution in [1.82, 2.24) is 5.32 Å². The van der Waals surface area contributed by atoms with Crippen LogP contribution in [0.5, 0.6) is 0 Å². The Morgan fingerprint density at radius 2 is 1.65 bits per heavy atom. The maximum absolute atomic E-state index is 12.7. The number of nitrogens with one attached hydrogen (secondary N) is 1. The zero-order chi connectivity index (χ0) is 14.2. The van der Waals surface area contributed by atoms with Crippen molar-refractivity contribution in [1.29, 1.82) is 0 Å². The summed E-state index contributed by atoms with van der Waals surface area (Å²) in [5.74, 6) is -0.567. The lowest BCUT2D eigenvalue weighted by molar-refractivity contribution is -0.179. The Morgan fingerprint density at radius 1 is 0.950 bits per heavy atom. The summed E-state index contributed by atoms with van der Waals surface area (Å²) in [7, 11) is 0. The van der Waals surface area contributed by atoms with Crippen LogP contribution in [0, 0.1) is 5.92 Å². The number of rotatable bonds is 2. The molecule has 2 atom stereocenters. The Hall–Kier alpha value is -1.03. The Balaban J connectivity index is 1.72. The molecule has 0 radical (unpaired) electrons. The zero-order valence-electron chi connectivity index (χ0n) is 11.4. The van der Waals surface area contributed by atoms with Crippen LogP contribution in [0.1, 0.15) is 55.2 Å². The topological polar surface area (TPSA) is 12.0 Å². The lowest BCUT2D eigenvalue weighted by Gasteiger charge is -2.35. The molecule has 0 aromatic heterocycles. The molecule has 20 heavy (non-hydrogen) atoms. The van der Waals surface area contributed by atoms with Crippen LogP contribution < -0.4 is 5.32 Å². The van der Waals surface area contributed by atoms with Gasteiger partial charge in [0.2, 0.25) is 0 Å². The molecule has 3 rings (SSSR count). The SMILES string of the molecule is FC(F)(F)C1CCC(c2ccccc2C2CCC2)NC1. The van der Waals surface area contributed by atoms with Crippen molar-refractivity contribution in [3.63, 3.8) is 0 Å². The molecule has 1 aliphatic carbocycles. The quantitative estimate of drug-likeness (QED) is 0.839. The van der Waals surface area contributed by atoms with E-state index in [1.807, 2.05) is 12.1 Å². The summed E-state index contributed by atoms with van der Waals surface area (Å²) in [4.78, 5) is 0. The van der Waals surface area contributed by atoms with Gasteiger partial charge in [0.1, 0.15) is 0 Å². The summed E-state index contributed by atoms with van der Waals surface area (Å²) in [6.07, 6.45) is 0.455. The fourth-order valence-electron chi connectivity index (χ4n) is 3.32. The molecule has 1 saturated heterocycles. The van der Waals surface area contributed by atoms with E-state index in [0.717, 1.165) is 0 Å². The third-order valence-corrected chi connectivity index (χ3v) is 4.79. The van der Waals surface area contributed by atoms with Gasteiger partial charge >= 0.3 is 6.18 Å². The van der Waals surface area contributed by atoms with E-state index in [4.69, 9.17) is 0 Å². The summed E-state index contributed by atoms with van der Waals surface area (Å²) in [6.45, 7) is 0.0488. The van der Waals surface area contributed by atoms with Gasteiger partial charge < -0.3 is 5.32 Å². The molecule has 1 aromatic rings. The van der Waals surface area contributed by atoms with Crippen molar-refractivity contribution in [2.75, 3.05) is 6.54 Å². The molecule has 2 fully saturated rings. The summed E-state index contributed by atoms with van der Waals surface area (Å²) < 4.78 is 38.1. The number of hydrogen-bond acceptors (Lipinski definition) is 1. The van der Waals surface area contributed by atoms with Gasteiger partial charge in [-0.05, 0) is 42.7 Å². The summed E-state index contributed by atoms with van der Waals surface area (Å²) in [5.41, 5.74) is 2.57. The van der Waals surface area contributed by atoms with Crippen molar-refractivity contribution in [3.8, 4) is 0 Å². The molecule has 1 aromatic carbocycles. The van der Waals surface area contributed by atoms with E-state index in [9.17, 15) is 13.2 Å². The maximum atomic E-state index is 12.7. The highest BCUT2D eigenvalue weighted by Gasteiger charge is 2.42. The number of benzene rings is 1. The Kier molecular flexibility index (Phi) is 3.76. The molecule has 1 aliphatic heterocycles. The minimum atomic E-state index is -4.06. The van der Waals surface area contributed by atoms with Gasteiger partial charge in [-0.15, -0.1) is 0 Å². The van der Waals surface area contributed by atoms with Crippen LogP contribution in [0.4, 0.5) is 13.2 Å². The normalized spacial score (nSPS) is 28.1. The van der Waals surface area contributed by atoms with E-state index in [0.29, 0.717) is 12.3 Å². The van der Waals surface area contributed by atoms with Crippen molar-refractivity contribution >= 4 is 0 Å². The average Bonchev–Trinajstić information content (AvgIpc) is 2.37. The van der Waals surface area contributed by atoms with E-state index in [2.05, 4.69) is 17.4 Å². The van der Waals surface area contributed by atoms with Crippen LogP contribution >= 0.6 is 0 Å². The van der Waals surface area contributed by atoms with E-state index in [-0.39, 0.29) is 19.0 Å². The summed E-state index contributed by atoms with van der Waals surface area (Å²) in [5, 5.41) is 3.12. The third-order valence-electron chi connectivity index (χ3n) is 4.79. The molecule has 110 valence electrons. The second-order valence-electron chi connectivity index (χ2n) is 6.03. The second-order valence-corrected chi connectivity index (χ2v) is 6.03. The minimum Gasteiger partial charge on any atom is -0.309 e. The van der Waals surface area contributed by atoms with Crippen LogP contribution in [0.25, 0.3) is 0 Å². The van der Waals surface area contributed by atoms with E-state index in [1.54, 1.807) is 0 Å². The monoisotopic (exact) mass is 283 g/mol. The first-order valence-corrected chi connectivity index (χ1v) is 7.44. The fourth-order valence-corrected chi connectivity index (χ4v) is 3.32. The smallest absolute Gasteiger partial charge is 0.309 e. The van der Waals surface area contributed by atoms with Gasteiger partial charge in [0.05, 0.1) is 5.92 Å².